The molecule has 0 aromatic carbocycles. The highest BCUT2D eigenvalue weighted by Gasteiger charge is 2.21. The number of aliphatic hydroxyl groups is 2. The predicted octanol–water partition coefficient (Wildman–Crippen LogP) is 2.34. The molecule has 3 aromatic heterocycles. The van der Waals surface area contributed by atoms with Crippen LogP contribution in [0.25, 0.3) is 10.2 Å². The van der Waals surface area contributed by atoms with Crippen molar-refractivity contribution in [3.63, 3.8) is 0 Å². The first-order chi connectivity index (χ1) is 12.7. The van der Waals surface area contributed by atoms with Gasteiger partial charge in [0.05, 0.1) is 41.4 Å². The molecule has 3 aromatic rings. The van der Waals surface area contributed by atoms with Crippen molar-refractivity contribution in [3.05, 3.63) is 23.8 Å². The highest BCUT2D eigenvalue weighted by molar-refractivity contribution is 7.17. The van der Waals surface area contributed by atoms with Crippen molar-refractivity contribution in [1.29, 1.82) is 0 Å². The van der Waals surface area contributed by atoms with Gasteiger partial charge in [-0.15, -0.1) is 11.3 Å². The molecule has 0 radical (unpaired) electrons. The standard InChI is InChI=1S/C17H22N6O2S/c24-7-6-23-10-12(9-18-23)20-17-21-14-5-8-26-15(14)16(22-17)19-11-1-3-13(25)4-2-11/h5,8-11,13,24-25H,1-4,6-7H2,(H2,19,20,21,22). The number of thiophene rings is 1. The van der Waals surface area contributed by atoms with E-state index in [2.05, 4.69) is 25.7 Å². The summed E-state index contributed by atoms with van der Waals surface area (Å²) in [6.45, 7) is 0.495. The van der Waals surface area contributed by atoms with Gasteiger partial charge in [-0.3, -0.25) is 4.68 Å². The maximum Gasteiger partial charge on any atom is 0.229 e. The van der Waals surface area contributed by atoms with Gasteiger partial charge in [0.1, 0.15) is 5.82 Å². The van der Waals surface area contributed by atoms with E-state index in [-0.39, 0.29) is 12.7 Å². The molecule has 0 saturated heterocycles. The predicted molar refractivity (Wildman–Crippen MR) is 102 cm³/mol. The van der Waals surface area contributed by atoms with Crippen LogP contribution in [0.4, 0.5) is 17.5 Å². The quantitative estimate of drug-likeness (QED) is 0.524. The SMILES string of the molecule is OCCn1cc(Nc2nc(NC3CCC(O)CC3)c3sccc3n2)cn1. The van der Waals surface area contributed by atoms with Crippen molar-refractivity contribution in [1.82, 2.24) is 19.7 Å². The van der Waals surface area contributed by atoms with Crippen LogP contribution in [-0.4, -0.2) is 48.7 Å². The van der Waals surface area contributed by atoms with E-state index >= 15 is 0 Å². The van der Waals surface area contributed by atoms with Gasteiger partial charge in [-0.2, -0.15) is 10.1 Å². The molecule has 0 atom stereocenters. The van der Waals surface area contributed by atoms with Crippen molar-refractivity contribution < 1.29 is 10.2 Å². The molecular weight excluding hydrogens is 352 g/mol. The molecule has 3 heterocycles. The first kappa shape index (κ1) is 17.2. The minimum absolute atomic E-state index is 0.0443. The number of aliphatic hydroxyl groups excluding tert-OH is 2. The molecular formula is C17H22N6O2S. The van der Waals surface area contributed by atoms with E-state index in [1.165, 1.54) is 0 Å². The van der Waals surface area contributed by atoms with Crippen molar-refractivity contribution >= 4 is 39.0 Å². The molecule has 9 heteroatoms. The lowest BCUT2D eigenvalue weighted by atomic mass is 9.93. The lowest BCUT2D eigenvalue weighted by molar-refractivity contribution is 0.126. The molecule has 4 N–H and O–H groups in total. The van der Waals surface area contributed by atoms with Gasteiger partial charge in [-0.25, -0.2) is 4.98 Å². The molecule has 1 aliphatic rings. The normalized spacial score (nSPS) is 20.4. The van der Waals surface area contributed by atoms with Crippen molar-refractivity contribution in [3.8, 4) is 0 Å². The van der Waals surface area contributed by atoms with E-state index < -0.39 is 0 Å². The van der Waals surface area contributed by atoms with Crippen molar-refractivity contribution in [2.45, 2.75) is 44.4 Å². The van der Waals surface area contributed by atoms with Gasteiger partial charge in [0.15, 0.2) is 0 Å². The Morgan fingerprint density at radius 2 is 2.08 bits per heavy atom. The third kappa shape index (κ3) is 3.79. The number of nitrogens with zero attached hydrogens (tertiary/aromatic N) is 4. The topological polar surface area (TPSA) is 108 Å². The van der Waals surface area contributed by atoms with Crippen LogP contribution in [-0.2, 0) is 6.54 Å². The molecule has 26 heavy (non-hydrogen) atoms. The number of nitrogens with one attached hydrogen (secondary N) is 2. The van der Waals surface area contributed by atoms with Crippen LogP contribution in [0, 0.1) is 0 Å². The molecule has 1 aliphatic carbocycles. The van der Waals surface area contributed by atoms with Crippen LogP contribution >= 0.6 is 11.3 Å². The zero-order valence-electron chi connectivity index (χ0n) is 14.3. The van der Waals surface area contributed by atoms with Crippen LogP contribution < -0.4 is 10.6 Å². The summed E-state index contributed by atoms with van der Waals surface area (Å²) < 4.78 is 2.70. The van der Waals surface area contributed by atoms with Crippen LogP contribution in [0.3, 0.4) is 0 Å². The fraction of sp³-hybridized carbons (Fsp3) is 0.471. The van der Waals surface area contributed by atoms with E-state index in [1.54, 1.807) is 22.2 Å². The summed E-state index contributed by atoms with van der Waals surface area (Å²) in [6, 6.07) is 2.30. The van der Waals surface area contributed by atoms with Gasteiger partial charge < -0.3 is 20.8 Å². The molecule has 0 aliphatic heterocycles. The van der Waals surface area contributed by atoms with Gasteiger partial charge in [-0.05, 0) is 37.1 Å². The number of aromatic nitrogens is 4. The first-order valence-electron chi connectivity index (χ1n) is 8.81. The summed E-state index contributed by atoms with van der Waals surface area (Å²) in [4.78, 5) is 9.24. The number of hydrogen-bond donors (Lipinski definition) is 4. The average Bonchev–Trinajstić information content (AvgIpc) is 3.27. The third-order valence-corrected chi connectivity index (χ3v) is 5.47. The summed E-state index contributed by atoms with van der Waals surface area (Å²) in [5.74, 6) is 1.34. The van der Waals surface area contributed by atoms with Crippen LogP contribution in [0.1, 0.15) is 25.7 Å². The summed E-state index contributed by atoms with van der Waals surface area (Å²) in [6.07, 6.45) is 6.85. The average molecular weight is 374 g/mol. The summed E-state index contributed by atoms with van der Waals surface area (Å²) >= 11 is 1.62. The number of hydrogen-bond acceptors (Lipinski definition) is 8. The zero-order chi connectivity index (χ0) is 17.9. The summed E-state index contributed by atoms with van der Waals surface area (Å²) in [7, 11) is 0. The second kappa shape index (κ2) is 7.56. The molecule has 0 unspecified atom stereocenters. The number of rotatable bonds is 6. The van der Waals surface area contributed by atoms with E-state index in [4.69, 9.17) is 5.11 Å². The number of fused-ring (bicyclic) bond motifs is 1. The van der Waals surface area contributed by atoms with Gasteiger partial charge in [0, 0.05) is 12.2 Å². The second-order valence-corrected chi connectivity index (χ2v) is 7.44. The maximum atomic E-state index is 9.70. The minimum Gasteiger partial charge on any atom is -0.394 e. The van der Waals surface area contributed by atoms with Crippen LogP contribution in [0.2, 0.25) is 0 Å². The lowest BCUT2D eigenvalue weighted by Crippen LogP contribution is -2.28. The molecule has 0 amide bonds. The Morgan fingerprint density at radius 1 is 1.23 bits per heavy atom. The van der Waals surface area contributed by atoms with E-state index in [0.29, 0.717) is 18.5 Å². The molecule has 0 bridgehead atoms. The molecule has 0 spiro atoms. The van der Waals surface area contributed by atoms with E-state index in [9.17, 15) is 5.11 Å². The highest BCUT2D eigenvalue weighted by Crippen LogP contribution is 2.30. The zero-order valence-corrected chi connectivity index (χ0v) is 15.1. The second-order valence-electron chi connectivity index (χ2n) is 6.52. The molecule has 4 rings (SSSR count). The van der Waals surface area contributed by atoms with Crippen LogP contribution in [0.15, 0.2) is 23.8 Å². The summed E-state index contributed by atoms with van der Waals surface area (Å²) in [5.41, 5.74) is 1.67. The Bertz CT molecular complexity index is 871. The van der Waals surface area contributed by atoms with E-state index in [1.807, 2.05) is 17.6 Å². The van der Waals surface area contributed by atoms with Gasteiger partial charge >= 0.3 is 0 Å². The molecule has 1 saturated carbocycles. The Balaban J connectivity index is 1.55. The maximum absolute atomic E-state index is 9.70. The van der Waals surface area contributed by atoms with Gasteiger partial charge in [0.2, 0.25) is 5.95 Å². The van der Waals surface area contributed by atoms with Crippen molar-refractivity contribution in [2.24, 2.45) is 0 Å². The molecule has 1 fully saturated rings. The number of anilines is 3. The van der Waals surface area contributed by atoms with Crippen LogP contribution in [0.5, 0.6) is 0 Å². The summed E-state index contributed by atoms with van der Waals surface area (Å²) in [5, 5.41) is 31.6. The Kier molecular flexibility index (Phi) is 5.00. The lowest BCUT2D eigenvalue weighted by Gasteiger charge is -2.26. The van der Waals surface area contributed by atoms with Crippen molar-refractivity contribution in [2.75, 3.05) is 17.2 Å². The highest BCUT2D eigenvalue weighted by atomic mass is 32.1. The fourth-order valence-corrected chi connectivity index (χ4v) is 4.00. The third-order valence-electron chi connectivity index (χ3n) is 4.56. The monoisotopic (exact) mass is 374 g/mol. The largest absolute Gasteiger partial charge is 0.394 e. The van der Waals surface area contributed by atoms with E-state index in [0.717, 1.165) is 47.4 Å². The molecule has 8 nitrogen and oxygen atoms in total. The van der Waals surface area contributed by atoms with Gasteiger partial charge in [-0.1, -0.05) is 0 Å². The Labute approximate surface area is 154 Å². The Morgan fingerprint density at radius 3 is 2.88 bits per heavy atom. The molecule has 138 valence electrons. The first-order valence-corrected chi connectivity index (χ1v) is 9.69. The Hall–Kier alpha value is -2.23. The minimum atomic E-state index is -0.173. The fourth-order valence-electron chi connectivity index (χ4n) is 3.21. The van der Waals surface area contributed by atoms with Gasteiger partial charge in [0.25, 0.3) is 0 Å². The smallest absolute Gasteiger partial charge is 0.229 e.